The molecule has 2 aromatic rings. The van der Waals surface area contributed by atoms with Gasteiger partial charge in [0.05, 0.1) is 37.9 Å². The van der Waals surface area contributed by atoms with Crippen LogP contribution in [0.4, 0.5) is 4.39 Å². The van der Waals surface area contributed by atoms with E-state index >= 15 is 4.39 Å². The van der Waals surface area contributed by atoms with Gasteiger partial charge in [-0.25, -0.2) is 4.39 Å². The predicted octanol–water partition coefficient (Wildman–Crippen LogP) is 4.96. The van der Waals surface area contributed by atoms with Crippen LogP contribution in [0.3, 0.4) is 0 Å². The Kier molecular flexibility index (Phi) is 9.74. The summed E-state index contributed by atoms with van der Waals surface area (Å²) in [5.74, 6) is -4.27. The largest absolute Gasteiger partial charge is 0.508 e. The van der Waals surface area contributed by atoms with E-state index in [9.17, 15) is 24.6 Å². The second kappa shape index (κ2) is 14.0. The van der Waals surface area contributed by atoms with Gasteiger partial charge in [0.25, 0.3) is 5.88 Å². The highest BCUT2D eigenvalue weighted by atomic mass is 19.1. The molecule has 1 saturated carbocycles. The Bertz CT molecular complexity index is 1760. The van der Waals surface area contributed by atoms with E-state index in [0.29, 0.717) is 30.0 Å². The number of halogens is 1. The Hall–Kier alpha value is -3.81. The smallest absolute Gasteiger partial charge is 0.265 e. The van der Waals surface area contributed by atoms with E-state index in [4.69, 9.17) is 14.0 Å². The number of unbranched alkanes of at least 4 members (excludes halogenated alkanes) is 2. The highest BCUT2D eigenvalue weighted by Crippen LogP contribution is 2.57. The minimum absolute atomic E-state index is 0.0118. The van der Waals surface area contributed by atoms with Crippen molar-refractivity contribution in [2.45, 2.75) is 109 Å². The van der Waals surface area contributed by atoms with E-state index < -0.39 is 46.6 Å². The summed E-state index contributed by atoms with van der Waals surface area (Å²) < 4.78 is 34.5. The summed E-state index contributed by atoms with van der Waals surface area (Å²) in [5.41, 5.74) is -1.71. The number of amides is 1. The molecule has 4 atom stereocenters. The third-order valence-electron chi connectivity index (χ3n) is 11.6. The number of hydrogen-bond donors (Lipinski definition) is 3. The summed E-state index contributed by atoms with van der Waals surface area (Å²) in [6.07, 6.45) is 7.51. The van der Waals surface area contributed by atoms with Crippen molar-refractivity contribution in [3.63, 3.8) is 0 Å². The van der Waals surface area contributed by atoms with Crippen molar-refractivity contribution in [1.82, 2.24) is 20.3 Å². The third-order valence-corrected chi connectivity index (χ3v) is 11.6. The van der Waals surface area contributed by atoms with Crippen molar-refractivity contribution >= 4 is 17.5 Å². The SMILES string of the molecule is CCCCOc1noc2c1C(=O)[C@@]1(O)C(O)=C3C(=O)c4c(c(F)c5c(c4OCCCC)CN(C(=O)CNC4CCCC4)C5)C[C@H]3C[C@H]1[C@@H]2N(C)C. The molecule has 13 heteroatoms. The number of aromatic nitrogens is 1. The van der Waals surface area contributed by atoms with E-state index in [-0.39, 0.29) is 91.3 Å². The van der Waals surface area contributed by atoms with Crippen molar-refractivity contribution in [3.8, 4) is 11.6 Å². The Balaban J connectivity index is 1.28. The number of nitrogens with zero attached hydrogens (tertiary/aromatic N) is 3. The fourth-order valence-electron chi connectivity index (χ4n) is 8.92. The highest BCUT2D eigenvalue weighted by Gasteiger charge is 2.64. The van der Waals surface area contributed by atoms with Gasteiger partial charge in [0.15, 0.2) is 17.1 Å². The van der Waals surface area contributed by atoms with Crippen LogP contribution in [0.5, 0.6) is 11.6 Å². The highest BCUT2D eigenvalue weighted by molar-refractivity contribution is 6.16. The minimum atomic E-state index is -2.48. The molecule has 1 aromatic carbocycles. The molecular weight excluding hydrogens is 659 g/mol. The molecule has 0 unspecified atom stereocenters. The van der Waals surface area contributed by atoms with Crippen molar-refractivity contribution in [3.05, 3.63) is 50.7 Å². The number of Topliss-reactive ketones (excluding diaryl/α,β-unsaturated/α-hetero) is 2. The van der Waals surface area contributed by atoms with Gasteiger partial charge in [0.2, 0.25) is 11.7 Å². The molecule has 0 spiro atoms. The Morgan fingerprint density at radius 1 is 1.06 bits per heavy atom. The van der Waals surface area contributed by atoms with Crippen molar-refractivity contribution in [2.75, 3.05) is 33.9 Å². The van der Waals surface area contributed by atoms with E-state index in [0.717, 1.165) is 38.5 Å². The summed E-state index contributed by atoms with van der Waals surface area (Å²) >= 11 is 0. The summed E-state index contributed by atoms with van der Waals surface area (Å²) in [5, 5.41) is 31.8. The summed E-state index contributed by atoms with van der Waals surface area (Å²) in [4.78, 5) is 45.7. The van der Waals surface area contributed by atoms with Crippen LogP contribution in [0.15, 0.2) is 15.9 Å². The molecule has 3 N–H and O–H groups in total. The molecule has 7 rings (SSSR count). The van der Waals surface area contributed by atoms with E-state index in [2.05, 4.69) is 10.5 Å². The molecule has 1 aromatic heterocycles. The fourth-order valence-corrected chi connectivity index (χ4v) is 8.92. The van der Waals surface area contributed by atoms with Gasteiger partial charge in [-0.2, -0.15) is 0 Å². The Labute approximate surface area is 297 Å². The normalized spacial score (nSPS) is 25.5. The van der Waals surface area contributed by atoms with E-state index in [1.165, 1.54) is 0 Å². The lowest BCUT2D eigenvalue weighted by atomic mass is 9.58. The van der Waals surface area contributed by atoms with Gasteiger partial charge in [-0.1, -0.05) is 39.5 Å². The number of ketones is 2. The number of hydrogen-bond acceptors (Lipinski definition) is 11. The maximum Gasteiger partial charge on any atom is 0.265 e. The van der Waals surface area contributed by atoms with Gasteiger partial charge in [0, 0.05) is 40.8 Å². The zero-order valence-corrected chi connectivity index (χ0v) is 30.0. The second-order valence-electron chi connectivity index (χ2n) is 15.0. The molecule has 1 fully saturated rings. The van der Waals surface area contributed by atoms with Gasteiger partial charge in [-0.15, -0.1) is 0 Å². The molecule has 1 aliphatic heterocycles. The van der Waals surface area contributed by atoms with Gasteiger partial charge in [0.1, 0.15) is 22.9 Å². The molecule has 276 valence electrons. The second-order valence-corrected chi connectivity index (χ2v) is 15.0. The number of ether oxygens (including phenoxy) is 2. The minimum Gasteiger partial charge on any atom is -0.508 e. The number of carbonyl (C=O) groups excluding carboxylic acids is 3. The van der Waals surface area contributed by atoms with Crippen LogP contribution in [0.25, 0.3) is 0 Å². The number of carbonyl (C=O) groups is 3. The molecule has 4 aliphatic carbocycles. The molecule has 0 radical (unpaired) electrons. The summed E-state index contributed by atoms with van der Waals surface area (Å²) in [6, 6.07) is -0.417. The fraction of sp³-hybridized carbons (Fsp3) is 0.632. The van der Waals surface area contributed by atoms with Crippen LogP contribution in [0.2, 0.25) is 0 Å². The molecular formula is C38H49FN4O8. The third kappa shape index (κ3) is 5.76. The van der Waals surface area contributed by atoms with Crippen molar-refractivity contribution in [2.24, 2.45) is 11.8 Å². The maximum atomic E-state index is 16.7. The number of nitrogens with one attached hydrogen (secondary N) is 1. The van der Waals surface area contributed by atoms with Gasteiger partial charge in [-0.05, 0) is 63.7 Å². The first-order valence-electron chi connectivity index (χ1n) is 18.6. The molecule has 0 saturated heterocycles. The average molecular weight is 709 g/mol. The standard InChI is InChI=1S/C38H49FN4O8/c1-5-7-13-49-33-24-19-43(26(44)17-40-21-11-9-10-12-21)18-23(24)30(39)22-15-20-16-25-31(42(3)4)34-29(37(41-51-34)50-14-8-6-2)36(47)38(25,48)35(46)27(20)32(45)28(22)33/h20-21,25,31,40,46,48H,5-19H2,1-4H3/t20-,25-,31-,38-/m0/s1. The molecule has 5 aliphatic rings. The first kappa shape index (κ1) is 35.6. The van der Waals surface area contributed by atoms with Crippen LogP contribution in [-0.4, -0.2) is 88.1 Å². The van der Waals surface area contributed by atoms with Crippen molar-refractivity contribution < 1.29 is 43.0 Å². The van der Waals surface area contributed by atoms with Gasteiger partial charge < -0.3 is 34.4 Å². The van der Waals surface area contributed by atoms with Crippen LogP contribution < -0.4 is 14.8 Å². The van der Waals surface area contributed by atoms with Crippen LogP contribution in [0, 0.1) is 17.7 Å². The topological polar surface area (TPSA) is 155 Å². The number of allylic oxidation sites excluding steroid dienone is 1. The monoisotopic (exact) mass is 708 g/mol. The molecule has 12 nitrogen and oxygen atoms in total. The number of benzene rings is 1. The zero-order chi connectivity index (χ0) is 36.2. The Morgan fingerprint density at radius 3 is 2.43 bits per heavy atom. The van der Waals surface area contributed by atoms with E-state index in [1.54, 1.807) is 23.9 Å². The lowest BCUT2D eigenvalue weighted by molar-refractivity contribution is -0.131. The first-order valence-corrected chi connectivity index (χ1v) is 18.6. The molecule has 1 amide bonds. The first-order chi connectivity index (χ1) is 24.5. The number of rotatable bonds is 12. The average Bonchev–Trinajstić information content (AvgIpc) is 3.88. The molecule has 2 heterocycles. The number of fused-ring (bicyclic) bond motifs is 5. The van der Waals surface area contributed by atoms with Crippen molar-refractivity contribution in [1.29, 1.82) is 0 Å². The van der Waals surface area contributed by atoms with Crippen LogP contribution in [-0.2, 0) is 24.3 Å². The zero-order valence-electron chi connectivity index (χ0n) is 30.0. The van der Waals surface area contributed by atoms with Gasteiger partial charge >= 0.3 is 0 Å². The molecule has 0 bridgehead atoms. The van der Waals surface area contributed by atoms with Gasteiger partial charge in [-0.3, -0.25) is 19.3 Å². The Morgan fingerprint density at radius 2 is 1.75 bits per heavy atom. The quantitative estimate of drug-likeness (QED) is 0.256. The van der Waals surface area contributed by atoms with E-state index in [1.807, 2.05) is 13.8 Å². The molecule has 51 heavy (non-hydrogen) atoms. The lowest BCUT2D eigenvalue weighted by Crippen LogP contribution is -2.59. The van der Waals surface area contributed by atoms with Crippen LogP contribution in [0.1, 0.15) is 121 Å². The maximum absolute atomic E-state index is 16.7. The summed E-state index contributed by atoms with van der Waals surface area (Å²) in [6.45, 7) is 4.84. The predicted molar refractivity (Wildman–Crippen MR) is 183 cm³/mol. The lowest BCUT2D eigenvalue weighted by Gasteiger charge is -2.49. The number of aliphatic hydroxyl groups is 2. The number of aliphatic hydroxyl groups excluding tert-OH is 1. The van der Waals surface area contributed by atoms with Crippen LogP contribution >= 0.6 is 0 Å². The summed E-state index contributed by atoms with van der Waals surface area (Å²) in [7, 11) is 3.53.